The number of allylic oxidation sites excluding steroid dienone is 3. The summed E-state index contributed by atoms with van der Waals surface area (Å²) in [5, 5.41) is 0. The molecule has 3 atom stereocenters. The highest BCUT2D eigenvalue weighted by Gasteiger charge is 2.21. The van der Waals surface area contributed by atoms with Gasteiger partial charge in [-0.3, -0.25) is 0 Å². The Labute approximate surface area is 88.1 Å². The predicted octanol–water partition coefficient (Wildman–Crippen LogP) is 2.07. The molecule has 0 amide bonds. The number of hydrogen-bond acceptors (Lipinski definition) is 2. The van der Waals surface area contributed by atoms with Gasteiger partial charge in [0, 0.05) is 6.04 Å². The fourth-order valence-electron chi connectivity index (χ4n) is 1.81. The van der Waals surface area contributed by atoms with Crippen molar-refractivity contribution < 1.29 is 0 Å². The molecular weight excluding hydrogens is 172 g/mol. The molecular formula is C12H24N2. The summed E-state index contributed by atoms with van der Waals surface area (Å²) in [6, 6.07) is 0.330. The first-order valence-electron chi connectivity index (χ1n) is 5.47. The van der Waals surface area contributed by atoms with Crippen LogP contribution in [-0.2, 0) is 0 Å². The maximum absolute atomic E-state index is 6.03. The zero-order chi connectivity index (χ0) is 11.0. The van der Waals surface area contributed by atoms with E-state index in [1.54, 1.807) is 0 Å². The third kappa shape index (κ3) is 3.64. The summed E-state index contributed by atoms with van der Waals surface area (Å²) in [4.78, 5) is 0. The van der Waals surface area contributed by atoms with Crippen LogP contribution in [0.2, 0.25) is 0 Å². The van der Waals surface area contributed by atoms with E-state index in [-0.39, 0.29) is 0 Å². The van der Waals surface area contributed by atoms with Crippen LogP contribution in [0.4, 0.5) is 0 Å². The van der Waals surface area contributed by atoms with Crippen molar-refractivity contribution in [2.24, 2.45) is 23.3 Å². The van der Waals surface area contributed by atoms with Crippen molar-refractivity contribution in [1.82, 2.24) is 0 Å². The summed E-state index contributed by atoms with van der Waals surface area (Å²) < 4.78 is 0. The van der Waals surface area contributed by atoms with Crippen LogP contribution in [0.3, 0.4) is 0 Å². The van der Waals surface area contributed by atoms with Crippen LogP contribution in [-0.4, -0.2) is 13.1 Å². The van der Waals surface area contributed by atoms with Crippen molar-refractivity contribution in [3.05, 3.63) is 24.3 Å². The van der Waals surface area contributed by atoms with Gasteiger partial charge in [-0.2, -0.15) is 0 Å². The minimum atomic E-state index is 0.330. The fourth-order valence-corrected chi connectivity index (χ4v) is 1.81. The first kappa shape index (κ1) is 13.4. The van der Waals surface area contributed by atoms with Crippen molar-refractivity contribution >= 4 is 0 Å². The second kappa shape index (κ2) is 7.77. The zero-order valence-corrected chi connectivity index (χ0v) is 9.61. The summed E-state index contributed by atoms with van der Waals surface area (Å²) >= 11 is 0. The number of hydrogen-bond donors (Lipinski definition) is 2. The van der Waals surface area contributed by atoms with Crippen LogP contribution in [0, 0.1) is 11.8 Å². The Balaban J connectivity index is 0.000000791. The lowest BCUT2D eigenvalue weighted by atomic mass is 9.81. The summed E-state index contributed by atoms with van der Waals surface area (Å²) in [5.74, 6) is 1.22. The molecule has 0 radical (unpaired) electrons. The second-order valence-corrected chi connectivity index (χ2v) is 3.49. The number of rotatable bonds is 3. The molecule has 0 saturated heterocycles. The Morgan fingerprint density at radius 2 is 1.71 bits per heavy atom. The standard InChI is InChI=1S/C11H19N.CH5N/c1-3-9-7-5-6-8-10(9)11(12)4-2;1-2/h5-11H,3-4,12H2,1-2H3;2H2,1H3. The van der Waals surface area contributed by atoms with Crippen molar-refractivity contribution in [3.8, 4) is 0 Å². The van der Waals surface area contributed by atoms with E-state index in [9.17, 15) is 0 Å². The van der Waals surface area contributed by atoms with Crippen LogP contribution in [0.5, 0.6) is 0 Å². The molecule has 2 nitrogen and oxygen atoms in total. The normalized spacial score (nSPS) is 26.6. The van der Waals surface area contributed by atoms with Crippen LogP contribution in [0.1, 0.15) is 26.7 Å². The average molecular weight is 196 g/mol. The van der Waals surface area contributed by atoms with Gasteiger partial charge in [0.05, 0.1) is 0 Å². The van der Waals surface area contributed by atoms with E-state index in [0.717, 1.165) is 6.42 Å². The Morgan fingerprint density at radius 3 is 2.21 bits per heavy atom. The molecule has 0 aromatic rings. The van der Waals surface area contributed by atoms with E-state index in [0.29, 0.717) is 17.9 Å². The zero-order valence-electron chi connectivity index (χ0n) is 9.61. The van der Waals surface area contributed by atoms with Gasteiger partial charge < -0.3 is 11.5 Å². The van der Waals surface area contributed by atoms with Crippen molar-refractivity contribution in [1.29, 1.82) is 0 Å². The molecule has 0 aromatic carbocycles. The Kier molecular flexibility index (Phi) is 7.44. The van der Waals surface area contributed by atoms with Crippen molar-refractivity contribution in [2.75, 3.05) is 7.05 Å². The van der Waals surface area contributed by atoms with Gasteiger partial charge in [0.25, 0.3) is 0 Å². The molecule has 0 bridgehead atoms. The van der Waals surface area contributed by atoms with Gasteiger partial charge in [-0.1, -0.05) is 38.2 Å². The highest BCUT2D eigenvalue weighted by Crippen LogP contribution is 2.25. The molecule has 0 saturated carbocycles. The molecule has 0 aromatic heterocycles. The van der Waals surface area contributed by atoms with Crippen molar-refractivity contribution in [3.63, 3.8) is 0 Å². The molecule has 0 fully saturated rings. The molecule has 1 aliphatic carbocycles. The first-order valence-corrected chi connectivity index (χ1v) is 5.47. The third-order valence-electron chi connectivity index (χ3n) is 2.73. The minimum absolute atomic E-state index is 0.330. The monoisotopic (exact) mass is 196 g/mol. The SMILES string of the molecule is CCC(N)C1C=CC=CC1CC.CN. The first-order chi connectivity index (χ1) is 6.79. The van der Waals surface area contributed by atoms with Crippen LogP contribution in [0.25, 0.3) is 0 Å². The molecule has 82 valence electrons. The van der Waals surface area contributed by atoms with Gasteiger partial charge in [-0.05, 0) is 31.7 Å². The van der Waals surface area contributed by atoms with Crippen LogP contribution < -0.4 is 11.5 Å². The Bertz CT molecular complexity index is 185. The van der Waals surface area contributed by atoms with Gasteiger partial charge in [0.2, 0.25) is 0 Å². The molecule has 4 N–H and O–H groups in total. The fraction of sp³-hybridized carbons (Fsp3) is 0.667. The summed E-state index contributed by atoms with van der Waals surface area (Å²) in [6.07, 6.45) is 11.0. The van der Waals surface area contributed by atoms with E-state index in [2.05, 4.69) is 43.9 Å². The highest BCUT2D eigenvalue weighted by atomic mass is 14.6. The Morgan fingerprint density at radius 1 is 1.14 bits per heavy atom. The lowest BCUT2D eigenvalue weighted by Crippen LogP contribution is -2.33. The van der Waals surface area contributed by atoms with E-state index in [1.165, 1.54) is 13.5 Å². The van der Waals surface area contributed by atoms with Crippen LogP contribution >= 0.6 is 0 Å². The highest BCUT2D eigenvalue weighted by molar-refractivity contribution is 5.15. The molecule has 0 aliphatic heterocycles. The molecule has 2 heteroatoms. The van der Waals surface area contributed by atoms with Crippen LogP contribution in [0.15, 0.2) is 24.3 Å². The average Bonchev–Trinajstić information content (AvgIpc) is 2.30. The van der Waals surface area contributed by atoms with E-state index in [4.69, 9.17) is 5.73 Å². The lowest BCUT2D eigenvalue weighted by Gasteiger charge is -2.27. The molecule has 1 aliphatic rings. The van der Waals surface area contributed by atoms with E-state index in [1.807, 2.05) is 0 Å². The summed E-state index contributed by atoms with van der Waals surface area (Å²) in [6.45, 7) is 4.38. The lowest BCUT2D eigenvalue weighted by molar-refractivity contribution is 0.375. The quantitative estimate of drug-likeness (QED) is 0.726. The van der Waals surface area contributed by atoms with Gasteiger partial charge in [-0.25, -0.2) is 0 Å². The summed E-state index contributed by atoms with van der Waals surface area (Å²) in [5.41, 5.74) is 10.5. The van der Waals surface area contributed by atoms with Gasteiger partial charge in [-0.15, -0.1) is 0 Å². The molecule has 0 heterocycles. The van der Waals surface area contributed by atoms with Gasteiger partial charge in [0.15, 0.2) is 0 Å². The minimum Gasteiger partial charge on any atom is -0.333 e. The molecule has 0 spiro atoms. The van der Waals surface area contributed by atoms with E-state index >= 15 is 0 Å². The molecule has 14 heavy (non-hydrogen) atoms. The molecule has 3 unspecified atom stereocenters. The topological polar surface area (TPSA) is 52.0 Å². The van der Waals surface area contributed by atoms with E-state index < -0.39 is 0 Å². The maximum atomic E-state index is 6.03. The third-order valence-corrected chi connectivity index (χ3v) is 2.73. The summed E-state index contributed by atoms with van der Waals surface area (Å²) in [7, 11) is 1.50. The Hall–Kier alpha value is -0.600. The van der Waals surface area contributed by atoms with Gasteiger partial charge >= 0.3 is 0 Å². The molecule has 1 rings (SSSR count). The van der Waals surface area contributed by atoms with Gasteiger partial charge in [0.1, 0.15) is 0 Å². The maximum Gasteiger partial charge on any atom is 0.0105 e. The predicted molar refractivity (Wildman–Crippen MR) is 63.9 cm³/mol. The smallest absolute Gasteiger partial charge is 0.0105 e. The van der Waals surface area contributed by atoms with Crippen molar-refractivity contribution in [2.45, 2.75) is 32.7 Å². The second-order valence-electron chi connectivity index (χ2n) is 3.49. The largest absolute Gasteiger partial charge is 0.333 e. The number of nitrogens with two attached hydrogens (primary N) is 2.